The van der Waals surface area contributed by atoms with E-state index in [0.717, 1.165) is 42.9 Å². The molecule has 0 unspecified atom stereocenters. The van der Waals surface area contributed by atoms with Crippen molar-refractivity contribution in [2.24, 2.45) is 0 Å². The number of hydrogen-bond acceptors (Lipinski definition) is 5. The molecule has 0 amide bonds. The van der Waals surface area contributed by atoms with Gasteiger partial charge in [-0.15, -0.1) is 0 Å². The van der Waals surface area contributed by atoms with Crippen molar-refractivity contribution >= 4 is 0 Å². The molecule has 1 fully saturated rings. The van der Waals surface area contributed by atoms with Crippen LogP contribution < -0.4 is 5.32 Å². The summed E-state index contributed by atoms with van der Waals surface area (Å²) in [5.41, 5.74) is 2.05. The predicted molar refractivity (Wildman–Crippen MR) is 71.7 cm³/mol. The van der Waals surface area contributed by atoms with E-state index in [-0.39, 0.29) is 5.41 Å². The number of aryl methyl sites for hydroxylation is 1. The molecule has 19 heavy (non-hydrogen) atoms. The van der Waals surface area contributed by atoms with E-state index in [1.54, 1.807) is 6.20 Å². The Morgan fingerprint density at radius 2 is 2.11 bits per heavy atom. The second kappa shape index (κ2) is 4.74. The summed E-state index contributed by atoms with van der Waals surface area (Å²) in [6.07, 6.45) is 5.64. The third-order valence-electron chi connectivity index (χ3n) is 3.91. The molecule has 2 aromatic heterocycles. The van der Waals surface area contributed by atoms with Crippen LogP contribution in [0, 0.1) is 6.92 Å². The third-order valence-corrected chi connectivity index (χ3v) is 3.91. The number of pyridine rings is 1. The third kappa shape index (κ3) is 2.26. The van der Waals surface area contributed by atoms with Gasteiger partial charge in [0.15, 0.2) is 0 Å². The Hall–Kier alpha value is -1.75. The fourth-order valence-electron chi connectivity index (χ4n) is 2.49. The molecular formula is C14H18N4O. The molecule has 5 heteroatoms. The van der Waals surface area contributed by atoms with Crippen molar-refractivity contribution in [2.75, 3.05) is 13.1 Å². The van der Waals surface area contributed by atoms with Gasteiger partial charge in [0.1, 0.15) is 0 Å². The van der Waals surface area contributed by atoms with E-state index in [1.807, 2.05) is 19.2 Å². The van der Waals surface area contributed by atoms with Gasteiger partial charge in [-0.1, -0.05) is 12.1 Å². The molecule has 3 heterocycles. The SMILES string of the molecule is Cc1cnccc1-c1noc(C2(C)CCNCC2)n1. The molecule has 1 N–H and O–H groups in total. The summed E-state index contributed by atoms with van der Waals surface area (Å²) in [5, 5.41) is 7.49. The summed E-state index contributed by atoms with van der Waals surface area (Å²) in [6, 6.07) is 1.93. The molecule has 2 aromatic rings. The van der Waals surface area contributed by atoms with Crippen molar-refractivity contribution in [1.29, 1.82) is 0 Å². The smallest absolute Gasteiger partial charge is 0.232 e. The number of hydrogen-bond donors (Lipinski definition) is 1. The maximum atomic E-state index is 5.51. The first-order valence-corrected chi connectivity index (χ1v) is 6.65. The van der Waals surface area contributed by atoms with E-state index in [2.05, 4.69) is 27.4 Å². The molecule has 0 aromatic carbocycles. The van der Waals surface area contributed by atoms with E-state index in [1.165, 1.54) is 0 Å². The molecule has 1 saturated heterocycles. The van der Waals surface area contributed by atoms with Crippen molar-refractivity contribution in [1.82, 2.24) is 20.4 Å². The average molecular weight is 258 g/mol. The van der Waals surface area contributed by atoms with Crippen LogP contribution in [-0.2, 0) is 5.41 Å². The fourth-order valence-corrected chi connectivity index (χ4v) is 2.49. The van der Waals surface area contributed by atoms with Crippen LogP contribution in [0.5, 0.6) is 0 Å². The van der Waals surface area contributed by atoms with Crippen LogP contribution >= 0.6 is 0 Å². The van der Waals surface area contributed by atoms with Gasteiger partial charge < -0.3 is 9.84 Å². The first-order valence-electron chi connectivity index (χ1n) is 6.65. The number of piperidine rings is 1. The van der Waals surface area contributed by atoms with Crippen molar-refractivity contribution in [3.05, 3.63) is 29.9 Å². The maximum Gasteiger partial charge on any atom is 0.232 e. The lowest BCUT2D eigenvalue weighted by molar-refractivity contribution is 0.241. The van der Waals surface area contributed by atoms with Gasteiger partial charge in [-0.25, -0.2) is 0 Å². The fraction of sp³-hybridized carbons (Fsp3) is 0.500. The van der Waals surface area contributed by atoms with Gasteiger partial charge in [-0.2, -0.15) is 4.98 Å². The molecule has 0 radical (unpaired) electrons. The van der Waals surface area contributed by atoms with Crippen molar-refractivity contribution in [3.8, 4) is 11.4 Å². The van der Waals surface area contributed by atoms with E-state index in [4.69, 9.17) is 4.52 Å². The zero-order valence-electron chi connectivity index (χ0n) is 11.3. The molecule has 3 rings (SSSR count). The van der Waals surface area contributed by atoms with Gasteiger partial charge in [-0.3, -0.25) is 4.98 Å². The molecule has 1 aliphatic heterocycles. The summed E-state index contributed by atoms with van der Waals surface area (Å²) >= 11 is 0. The van der Waals surface area contributed by atoms with Gasteiger partial charge in [0.2, 0.25) is 11.7 Å². The van der Waals surface area contributed by atoms with Crippen LogP contribution in [0.15, 0.2) is 23.0 Å². The largest absolute Gasteiger partial charge is 0.338 e. The minimum absolute atomic E-state index is 0.00254. The summed E-state index contributed by atoms with van der Waals surface area (Å²) in [5.74, 6) is 1.41. The summed E-state index contributed by atoms with van der Waals surface area (Å²) in [4.78, 5) is 8.69. The zero-order valence-corrected chi connectivity index (χ0v) is 11.3. The minimum atomic E-state index is -0.00254. The van der Waals surface area contributed by atoms with Gasteiger partial charge in [0, 0.05) is 23.4 Å². The van der Waals surface area contributed by atoms with Crippen LogP contribution in [0.3, 0.4) is 0 Å². The molecule has 0 saturated carbocycles. The standard InChI is InChI=1S/C14H18N4O/c1-10-9-16-6-3-11(10)12-17-13(19-18-12)14(2)4-7-15-8-5-14/h3,6,9,15H,4-5,7-8H2,1-2H3. The summed E-state index contributed by atoms with van der Waals surface area (Å²) in [7, 11) is 0. The summed E-state index contributed by atoms with van der Waals surface area (Å²) < 4.78 is 5.51. The molecule has 0 aliphatic carbocycles. The lowest BCUT2D eigenvalue weighted by Crippen LogP contribution is -2.37. The normalized spacial score (nSPS) is 18.4. The lowest BCUT2D eigenvalue weighted by atomic mass is 9.81. The Bertz CT molecular complexity index is 572. The Morgan fingerprint density at radius 3 is 2.84 bits per heavy atom. The Kier molecular flexibility index (Phi) is 3.06. The van der Waals surface area contributed by atoms with Crippen LogP contribution in [-0.4, -0.2) is 28.2 Å². The molecule has 0 bridgehead atoms. The zero-order chi connectivity index (χ0) is 13.3. The van der Waals surface area contributed by atoms with E-state index >= 15 is 0 Å². The number of nitrogens with one attached hydrogen (secondary N) is 1. The maximum absolute atomic E-state index is 5.51. The molecule has 0 atom stereocenters. The molecular weight excluding hydrogens is 240 g/mol. The van der Waals surface area contributed by atoms with Gasteiger partial charge in [0.05, 0.1) is 0 Å². The number of nitrogens with zero attached hydrogens (tertiary/aromatic N) is 3. The van der Waals surface area contributed by atoms with E-state index in [9.17, 15) is 0 Å². The quantitative estimate of drug-likeness (QED) is 0.893. The van der Waals surface area contributed by atoms with Crippen LogP contribution in [0.25, 0.3) is 11.4 Å². The highest BCUT2D eigenvalue weighted by molar-refractivity contribution is 5.58. The second-order valence-corrected chi connectivity index (χ2v) is 5.42. The predicted octanol–water partition coefficient (Wildman–Crippen LogP) is 2.08. The Balaban J connectivity index is 1.93. The number of aromatic nitrogens is 3. The lowest BCUT2D eigenvalue weighted by Gasteiger charge is -2.30. The van der Waals surface area contributed by atoms with Crippen LogP contribution in [0.2, 0.25) is 0 Å². The highest BCUT2D eigenvalue weighted by Crippen LogP contribution is 2.33. The van der Waals surface area contributed by atoms with Crippen LogP contribution in [0.1, 0.15) is 31.2 Å². The van der Waals surface area contributed by atoms with E-state index < -0.39 is 0 Å². The van der Waals surface area contributed by atoms with Crippen molar-refractivity contribution in [2.45, 2.75) is 32.1 Å². The van der Waals surface area contributed by atoms with Crippen molar-refractivity contribution < 1.29 is 4.52 Å². The highest BCUT2D eigenvalue weighted by Gasteiger charge is 2.34. The Morgan fingerprint density at radius 1 is 1.32 bits per heavy atom. The highest BCUT2D eigenvalue weighted by atomic mass is 16.5. The van der Waals surface area contributed by atoms with E-state index in [0.29, 0.717) is 5.82 Å². The van der Waals surface area contributed by atoms with Gasteiger partial charge in [-0.05, 0) is 44.5 Å². The second-order valence-electron chi connectivity index (χ2n) is 5.42. The molecule has 0 spiro atoms. The first-order chi connectivity index (χ1) is 9.19. The number of rotatable bonds is 2. The molecule has 1 aliphatic rings. The topological polar surface area (TPSA) is 63.8 Å². The minimum Gasteiger partial charge on any atom is -0.338 e. The van der Waals surface area contributed by atoms with Gasteiger partial charge in [0.25, 0.3) is 0 Å². The Labute approximate surface area is 112 Å². The average Bonchev–Trinajstić information content (AvgIpc) is 2.90. The first kappa shape index (κ1) is 12.3. The van der Waals surface area contributed by atoms with Crippen LogP contribution in [0.4, 0.5) is 0 Å². The monoisotopic (exact) mass is 258 g/mol. The summed E-state index contributed by atoms with van der Waals surface area (Å²) in [6.45, 7) is 6.21. The molecule has 100 valence electrons. The van der Waals surface area contributed by atoms with Gasteiger partial charge >= 0.3 is 0 Å². The molecule has 5 nitrogen and oxygen atoms in total. The van der Waals surface area contributed by atoms with Crippen molar-refractivity contribution in [3.63, 3.8) is 0 Å².